The zero-order chi connectivity index (χ0) is 15.3. The second-order valence-electron chi connectivity index (χ2n) is 5.22. The van der Waals surface area contributed by atoms with Crippen molar-refractivity contribution in [2.45, 2.75) is 26.3 Å². The number of aryl methyl sites for hydroxylation is 1. The van der Waals surface area contributed by atoms with Gasteiger partial charge in [-0.25, -0.2) is 0 Å². The van der Waals surface area contributed by atoms with Crippen molar-refractivity contribution >= 4 is 11.7 Å². The zero-order valence-electron chi connectivity index (χ0n) is 12.1. The molecule has 1 fully saturated rings. The van der Waals surface area contributed by atoms with E-state index in [9.17, 15) is 4.79 Å². The molecule has 8 heteroatoms. The van der Waals surface area contributed by atoms with E-state index in [1.54, 1.807) is 10.9 Å². The largest absolute Gasteiger partial charge is 0.409 e. The van der Waals surface area contributed by atoms with Crippen LogP contribution in [0, 0.1) is 12.3 Å². The summed E-state index contributed by atoms with van der Waals surface area (Å²) in [5.74, 6) is -0.289. The second kappa shape index (κ2) is 6.57. The standard InChI is InChI=1S/C13H21N5O3/c1-10-8-16-18(9-10)5-4-15-12(19)13(11(14)17-20)2-6-21-7-3-13/h8-9,20H,2-7H2,1H3,(H2,14,17)(H,15,19). The van der Waals surface area contributed by atoms with Gasteiger partial charge in [0.1, 0.15) is 5.41 Å². The van der Waals surface area contributed by atoms with E-state index >= 15 is 0 Å². The lowest BCUT2D eigenvalue weighted by Gasteiger charge is -2.34. The van der Waals surface area contributed by atoms with Gasteiger partial charge in [-0.2, -0.15) is 5.10 Å². The third-order valence-corrected chi connectivity index (χ3v) is 3.77. The van der Waals surface area contributed by atoms with Crippen molar-refractivity contribution in [3.05, 3.63) is 18.0 Å². The summed E-state index contributed by atoms with van der Waals surface area (Å²) in [6, 6.07) is 0. The normalized spacial score (nSPS) is 18.4. The first-order valence-corrected chi connectivity index (χ1v) is 6.91. The van der Waals surface area contributed by atoms with E-state index in [0.717, 1.165) is 5.56 Å². The van der Waals surface area contributed by atoms with Crippen LogP contribution in [0.2, 0.25) is 0 Å². The summed E-state index contributed by atoms with van der Waals surface area (Å²) in [5.41, 5.74) is 5.83. The van der Waals surface area contributed by atoms with Crippen LogP contribution < -0.4 is 11.1 Å². The molecule has 1 aliphatic rings. The molecule has 1 aromatic rings. The van der Waals surface area contributed by atoms with Gasteiger partial charge in [0.15, 0.2) is 5.84 Å². The number of hydrogen-bond donors (Lipinski definition) is 3. The minimum absolute atomic E-state index is 0.0572. The summed E-state index contributed by atoms with van der Waals surface area (Å²) < 4.78 is 7.02. The smallest absolute Gasteiger partial charge is 0.234 e. The first-order chi connectivity index (χ1) is 10.1. The number of ether oxygens (including phenoxy) is 1. The molecular weight excluding hydrogens is 274 g/mol. The van der Waals surface area contributed by atoms with Crippen LogP contribution in [-0.4, -0.2) is 46.5 Å². The predicted octanol–water partition coefficient (Wildman–Crippen LogP) is -0.149. The maximum absolute atomic E-state index is 12.4. The van der Waals surface area contributed by atoms with E-state index < -0.39 is 5.41 Å². The molecule has 0 spiro atoms. The molecule has 0 aromatic carbocycles. The number of carbonyl (C=O) groups is 1. The number of aromatic nitrogens is 2. The van der Waals surface area contributed by atoms with Crippen LogP contribution in [-0.2, 0) is 16.1 Å². The van der Waals surface area contributed by atoms with Crippen molar-refractivity contribution in [1.82, 2.24) is 15.1 Å². The van der Waals surface area contributed by atoms with E-state index in [1.165, 1.54) is 0 Å². The Bertz CT molecular complexity index is 520. The van der Waals surface area contributed by atoms with Gasteiger partial charge in [-0.05, 0) is 25.3 Å². The van der Waals surface area contributed by atoms with Crippen LogP contribution in [0.3, 0.4) is 0 Å². The second-order valence-corrected chi connectivity index (χ2v) is 5.22. The highest BCUT2D eigenvalue weighted by atomic mass is 16.5. The number of carbonyl (C=O) groups excluding carboxylic acids is 1. The molecule has 2 heterocycles. The summed E-state index contributed by atoms with van der Waals surface area (Å²) >= 11 is 0. The molecule has 21 heavy (non-hydrogen) atoms. The van der Waals surface area contributed by atoms with Gasteiger partial charge in [0.05, 0.1) is 12.7 Å². The van der Waals surface area contributed by atoms with E-state index in [2.05, 4.69) is 15.6 Å². The van der Waals surface area contributed by atoms with Gasteiger partial charge in [-0.3, -0.25) is 9.48 Å². The third kappa shape index (κ3) is 3.33. The minimum atomic E-state index is -0.979. The molecule has 4 N–H and O–H groups in total. The molecule has 0 bridgehead atoms. The van der Waals surface area contributed by atoms with Gasteiger partial charge in [-0.15, -0.1) is 0 Å². The average Bonchev–Trinajstić information content (AvgIpc) is 2.92. The maximum atomic E-state index is 12.4. The van der Waals surface area contributed by atoms with E-state index in [4.69, 9.17) is 15.7 Å². The van der Waals surface area contributed by atoms with Crippen LogP contribution >= 0.6 is 0 Å². The summed E-state index contributed by atoms with van der Waals surface area (Å²) in [6.45, 7) is 3.80. The molecule has 1 aliphatic heterocycles. The molecule has 0 atom stereocenters. The van der Waals surface area contributed by atoms with Crippen molar-refractivity contribution < 1.29 is 14.7 Å². The van der Waals surface area contributed by atoms with Gasteiger partial charge >= 0.3 is 0 Å². The number of hydrogen-bond acceptors (Lipinski definition) is 5. The van der Waals surface area contributed by atoms with Gasteiger partial charge in [0.2, 0.25) is 5.91 Å². The van der Waals surface area contributed by atoms with Crippen LogP contribution in [0.25, 0.3) is 0 Å². The Hall–Kier alpha value is -2.09. The number of amidine groups is 1. The van der Waals surface area contributed by atoms with E-state index in [0.29, 0.717) is 39.1 Å². The van der Waals surface area contributed by atoms with Crippen LogP contribution in [0.4, 0.5) is 0 Å². The Balaban J connectivity index is 1.95. The number of nitrogens with zero attached hydrogens (tertiary/aromatic N) is 3. The lowest BCUT2D eigenvalue weighted by atomic mass is 9.78. The summed E-state index contributed by atoms with van der Waals surface area (Å²) in [6.07, 6.45) is 4.49. The third-order valence-electron chi connectivity index (χ3n) is 3.77. The predicted molar refractivity (Wildman–Crippen MR) is 75.9 cm³/mol. The summed E-state index contributed by atoms with van der Waals surface area (Å²) in [7, 11) is 0. The number of nitrogens with one attached hydrogen (secondary N) is 1. The molecule has 1 amide bonds. The number of rotatable bonds is 5. The first-order valence-electron chi connectivity index (χ1n) is 6.91. The van der Waals surface area contributed by atoms with Crippen LogP contribution in [0.5, 0.6) is 0 Å². The maximum Gasteiger partial charge on any atom is 0.234 e. The van der Waals surface area contributed by atoms with Gasteiger partial charge in [0, 0.05) is 26.0 Å². The lowest BCUT2D eigenvalue weighted by molar-refractivity contribution is -0.131. The fraction of sp³-hybridized carbons (Fsp3) is 0.615. The SMILES string of the molecule is Cc1cnn(CCNC(=O)C2(C(N)=NO)CCOCC2)c1. The zero-order valence-corrected chi connectivity index (χ0v) is 12.1. The molecule has 0 aliphatic carbocycles. The van der Waals surface area contributed by atoms with Gasteiger partial charge in [-0.1, -0.05) is 5.16 Å². The molecule has 8 nitrogen and oxygen atoms in total. The first kappa shape index (κ1) is 15.3. The molecular formula is C13H21N5O3. The topological polar surface area (TPSA) is 115 Å². The van der Waals surface area contributed by atoms with Crippen molar-refractivity contribution in [1.29, 1.82) is 0 Å². The fourth-order valence-corrected chi connectivity index (χ4v) is 2.46. The number of nitrogens with two attached hydrogens (primary N) is 1. The van der Waals surface area contributed by atoms with E-state index in [1.807, 2.05) is 13.1 Å². The molecule has 116 valence electrons. The summed E-state index contributed by atoms with van der Waals surface area (Å²) in [5, 5.41) is 19.0. The molecule has 2 rings (SSSR count). The molecule has 0 unspecified atom stereocenters. The molecule has 1 saturated heterocycles. The monoisotopic (exact) mass is 295 g/mol. The molecule has 0 saturated carbocycles. The van der Waals surface area contributed by atoms with Crippen LogP contribution in [0.15, 0.2) is 17.5 Å². The Morgan fingerprint density at radius 2 is 2.33 bits per heavy atom. The Morgan fingerprint density at radius 3 is 2.90 bits per heavy atom. The lowest BCUT2D eigenvalue weighted by Crippen LogP contribution is -2.53. The highest BCUT2D eigenvalue weighted by Gasteiger charge is 2.44. The quantitative estimate of drug-likeness (QED) is 0.302. The van der Waals surface area contributed by atoms with Crippen molar-refractivity contribution in [2.24, 2.45) is 16.3 Å². The van der Waals surface area contributed by atoms with E-state index in [-0.39, 0.29) is 11.7 Å². The Morgan fingerprint density at radius 1 is 1.62 bits per heavy atom. The number of amides is 1. The fourth-order valence-electron chi connectivity index (χ4n) is 2.46. The minimum Gasteiger partial charge on any atom is -0.409 e. The highest BCUT2D eigenvalue weighted by Crippen LogP contribution is 2.31. The Labute approximate surface area is 122 Å². The Kier molecular flexibility index (Phi) is 4.79. The van der Waals surface area contributed by atoms with Crippen LogP contribution in [0.1, 0.15) is 18.4 Å². The van der Waals surface area contributed by atoms with Crippen molar-refractivity contribution in [3.8, 4) is 0 Å². The average molecular weight is 295 g/mol. The van der Waals surface area contributed by atoms with Crippen molar-refractivity contribution in [2.75, 3.05) is 19.8 Å². The molecule has 1 aromatic heterocycles. The van der Waals surface area contributed by atoms with Crippen molar-refractivity contribution in [3.63, 3.8) is 0 Å². The van der Waals surface area contributed by atoms with Gasteiger partial charge in [0.25, 0.3) is 0 Å². The summed E-state index contributed by atoms with van der Waals surface area (Å²) in [4.78, 5) is 12.4. The molecule has 0 radical (unpaired) electrons. The highest BCUT2D eigenvalue weighted by molar-refractivity contribution is 6.06. The van der Waals surface area contributed by atoms with Gasteiger partial charge < -0.3 is 21.0 Å². The number of oxime groups is 1.